The third-order valence-corrected chi connectivity index (χ3v) is 1.52. The predicted octanol–water partition coefficient (Wildman–Crippen LogP) is 1.37. The Balaban J connectivity index is 2.65. The van der Waals surface area contributed by atoms with Gasteiger partial charge in [-0.1, -0.05) is 6.08 Å². The van der Waals surface area contributed by atoms with Crippen molar-refractivity contribution in [3.8, 4) is 0 Å². The Morgan fingerprint density at radius 2 is 2.58 bits per heavy atom. The van der Waals surface area contributed by atoms with Gasteiger partial charge in [0.1, 0.15) is 0 Å². The van der Waals surface area contributed by atoms with Gasteiger partial charge in [-0.25, -0.2) is 0 Å². The van der Waals surface area contributed by atoms with Crippen molar-refractivity contribution in [1.82, 2.24) is 0 Å². The highest BCUT2D eigenvalue weighted by atomic mass is 16.3. The number of hydrogen-bond acceptors (Lipinski definition) is 3. The second-order valence-corrected chi connectivity index (χ2v) is 2.47. The van der Waals surface area contributed by atoms with E-state index in [1.807, 2.05) is 0 Å². The third kappa shape index (κ3) is 1.83. The highest BCUT2D eigenvalue weighted by molar-refractivity contribution is 5.97. The molecule has 3 nitrogen and oxygen atoms in total. The number of furan rings is 1. The Morgan fingerprint density at radius 1 is 1.83 bits per heavy atom. The highest BCUT2D eigenvalue weighted by Crippen LogP contribution is 2.05. The molecule has 0 aliphatic heterocycles. The fourth-order valence-corrected chi connectivity index (χ4v) is 0.888. The lowest BCUT2D eigenvalue weighted by Gasteiger charge is -2.03. The van der Waals surface area contributed by atoms with Crippen LogP contribution in [-0.2, 0) is 0 Å². The van der Waals surface area contributed by atoms with Gasteiger partial charge in [-0.3, -0.25) is 4.79 Å². The lowest BCUT2D eigenvalue weighted by Crippen LogP contribution is -2.29. The zero-order chi connectivity index (χ0) is 8.97. The van der Waals surface area contributed by atoms with Gasteiger partial charge in [0.2, 0.25) is 5.78 Å². The second kappa shape index (κ2) is 3.88. The monoisotopic (exact) mass is 165 g/mol. The van der Waals surface area contributed by atoms with E-state index in [-0.39, 0.29) is 5.78 Å². The summed E-state index contributed by atoms with van der Waals surface area (Å²) in [7, 11) is 0. The van der Waals surface area contributed by atoms with E-state index >= 15 is 0 Å². The molecule has 0 bridgehead atoms. The van der Waals surface area contributed by atoms with Crippen LogP contribution in [0.1, 0.15) is 17.0 Å². The van der Waals surface area contributed by atoms with Crippen LogP contribution in [0.5, 0.6) is 0 Å². The lowest BCUT2D eigenvalue weighted by atomic mass is 10.1. The van der Waals surface area contributed by atoms with Crippen LogP contribution in [0.15, 0.2) is 35.5 Å². The first-order valence-corrected chi connectivity index (χ1v) is 3.70. The molecular weight excluding hydrogens is 154 g/mol. The van der Waals surface area contributed by atoms with Crippen LogP contribution in [0.4, 0.5) is 0 Å². The number of carbonyl (C=O) groups excluding carboxylic acids is 1. The summed E-state index contributed by atoms with van der Waals surface area (Å²) in [5, 5.41) is 0. The summed E-state index contributed by atoms with van der Waals surface area (Å²) in [5.74, 6) is 0.129. The molecule has 0 aliphatic rings. The zero-order valence-corrected chi connectivity index (χ0v) is 6.69. The highest BCUT2D eigenvalue weighted by Gasteiger charge is 2.15. The molecule has 0 radical (unpaired) electrons. The predicted molar refractivity (Wildman–Crippen MR) is 45.8 cm³/mol. The molecule has 3 heteroatoms. The first-order chi connectivity index (χ1) is 5.75. The van der Waals surface area contributed by atoms with Crippen LogP contribution in [0.3, 0.4) is 0 Å². The number of hydrogen-bond donors (Lipinski definition) is 1. The smallest absolute Gasteiger partial charge is 0.214 e. The molecule has 1 rings (SSSR count). The third-order valence-electron chi connectivity index (χ3n) is 1.52. The van der Waals surface area contributed by atoms with E-state index in [1.165, 1.54) is 6.26 Å². The zero-order valence-electron chi connectivity index (χ0n) is 6.69. The van der Waals surface area contributed by atoms with Crippen molar-refractivity contribution < 1.29 is 9.21 Å². The van der Waals surface area contributed by atoms with Gasteiger partial charge in [-0.15, -0.1) is 6.58 Å². The van der Waals surface area contributed by atoms with Gasteiger partial charge in [-0.2, -0.15) is 0 Å². The molecule has 0 spiro atoms. The van der Waals surface area contributed by atoms with Gasteiger partial charge in [0.25, 0.3) is 0 Å². The van der Waals surface area contributed by atoms with Crippen LogP contribution in [0.2, 0.25) is 0 Å². The molecule has 0 saturated carbocycles. The maximum Gasteiger partial charge on any atom is 0.214 e. The van der Waals surface area contributed by atoms with Crippen molar-refractivity contribution in [1.29, 1.82) is 0 Å². The Hall–Kier alpha value is -1.35. The number of nitrogens with two attached hydrogens (primary N) is 1. The standard InChI is InChI=1S/C9H11NO2/c1-2-4-7(10)9(11)8-5-3-6-12-8/h2-3,5-7H,1,4,10H2. The van der Waals surface area contributed by atoms with E-state index < -0.39 is 6.04 Å². The van der Waals surface area contributed by atoms with Crippen LogP contribution < -0.4 is 5.73 Å². The van der Waals surface area contributed by atoms with Gasteiger partial charge < -0.3 is 10.2 Å². The van der Waals surface area contributed by atoms with Crippen molar-refractivity contribution in [2.75, 3.05) is 0 Å². The van der Waals surface area contributed by atoms with E-state index in [9.17, 15) is 4.79 Å². The molecule has 1 heterocycles. The minimum Gasteiger partial charge on any atom is -0.461 e. The fraction of sp³-hybridized carbons (Fsp3) is 0.222. The van der Waals surface area contributed by atoms with E-state index in [4.69, 9.17) is 10.2 Å². The maximum absolute atomic E-state index is 11.3. The normalized spacial score (nSPS) is 12.4. The van der Waals surface area contributed by atoms with E-state index in [2.05, 4.69) is 6.58 Å². The summed E-state index contributed by atoms with van der Waals surface area (Å²) < 4.78 is 4.90. The molecule has 0 aliphatic carbocycles. The summed E-state index contributed by atoms with van der Waals surface area (Å²) >= 11 is 0. The molecule has 2 N–H and O–H groups in total. The molecule has 0 saturated heterocycles. The Bertz CT molecular complexity index is 264. The maximum atomic E-state index is 11.3. The number of carbonyl (C=O) groups is 1. The van der Waals surface area contributed by atoms with Gasteiger partial charge in [0.05, 0.1) is 12.3 Å². The molecule has 1 aromatic rings. The largest absolute Gasteiger partial charge is 0.461 e. The number of rotatable bonds is 4. The van der Waals surface area contributed by atoms with E-state index in [0.29, 0.717) is 12.2 Å². The number of ketones is 1. The Kier molecular flexibility index (Phi) is 2.82. The SMILES string of the molecule is C=CCC(N)C(=O)c1ccco1. The first-order valence-electron chi connectivity index (χ1n) is 3.70. The summed E-state index contributed by atoms with van der Waals surface area (Å²) in [6, 6.07) is 2.73. The molecule has 1 aromatic heterocycles. The van der Waals surface area contributed by atoms with Crippen molar-refractivity contribution >= 4 is 5.78 Å². The molecule has 12 heavy (non-hydrogen) atoms. The molecule has 1 unspecified atom stereocenters. The molecular formula is C9H11NO2. The Morgan fingerprint density at radius 3 is 3.08 bits per heavy atom. The fourth-order valence-electron chi connectivity index (χ4n) is 0.888. The minimum atomic E-state index is -0.534. The van der Waals surface area contributed by atoms with Gasteiger partial charge in [0, 0.05) is 0 Å². The summed E-state index contributed by atoms with van der Waals surface area (Å²) in [5.41, 5.74) is 5.54. The molecule has 0 aromatic carbocycles. The van der Waals surface area contributed by atoms with Crippen LogP contribution in [0, 0.1) is 0 Å². The average molecular weight is 165 g/mol. The molecule has 0 amide bonds. The summed E-state index contributed by atoms with van der Waals surface area (Å²) in [6.07, 6.45) is 3.54. The van der Waals surface area contributed by atoms with Crippen LogP contribution in [-0.4, -0.2) is 11.8 Å². The quantitative estimate of drug-likeness (QED) is 0.541. The van der Waals surface area contributed by atoms with Crippen LogP contribution >= 0.6 is 0 Å². The van der Waals surface area contributed by atoms with Crippen molar-refractivity contribution in [2.24, 2.45) is 5.73 Å². The van der Waals surface area contributed by atoms with Gasteiger partial charge in [0.15, 0.2) is 5.76 Å². The van der Waals surface area contributed by atoms with E-state index in [1.54, 1.807) is 18.2 Å². The lowest BCUT2D eigenvalue weighted by molar-refractivity contribution is 0.0935. The minimum absolute atomic E-state index is 0.181. The topological polar surface area (TPSA) is 56.2 Å². The summed E-state index contributed by atoms with van der Waals surface area (Å²) in [6.45, 7) is 3.50. The first kappa shape index (κ1) is 8.74. The molecule has 1 atom stereocenters. The second-order valence-electron chi connectivity index (χ2n) is 2.47. The van der Waals surface area contributed by atoms with E-state index in [0.717, 1.165) is 0 Å². The van der Waals surface area contributed by atoms with Gasteiger partial charge >= 0.3 is 0 Å². The van der Waals surface area contributed by atoms with Crippen molar-refractivity contribution in [2.45, 2.75) is 12.5 Å². The van der Waals surface area contributed by atoms with Gasteiger partial charge in [-0.05, 0) is 18.6 Å². The number of Topliss-reactive ketones (excluding diaryl/α,β-unsaturated/α-hetero) is 1. The average Bonchev–Trinajstić information content (AvgIpc) is 2.55. The Labute approximate surface area is 70.9 Å². The molecule has 64 valence electrons. The van der Waals surface area contributed by atoms with Crippen LogP contribution in [0.25, 0.3) is 0 Å². The van der Waals surface area contributed by atoms with Crippen molar-refractivity contribution in [3.05, 3.63) is 36.8 Å². The molecule has 0 fully saturated rings. The summed E-state index contributed by atoms with van der Waals surface area (Å²) in [4.78, 5) is 11.3. The van der Waals surface area contributed by atoms with Crippen molar-refractivity contribution in [3.63, 3.8) is 0 Å².